The summed E-state index contributed by atoms with van der Waals surface area (Å²) in [5, 5.41) is 0.912. The fourth-order valence-electron chi connectivity index (χ4n) is 9.09. The molecule has 0 N–H and O–H groups in total. The highest BCUT2D eigenvalue weighted by molar-refractivity contribution is 8.13. The molecule has 0 bridgehead atoms. The van der Waals surface area contributed by atoms with Crippen molar-refractivity contribution >= 4 is 23.6 Å². The Morgan fingerprint density at radius 2 is 1.02 bits per heavy atom. The minimum atomic E-state index is -2.89. The van der Waals surface area contributed by atoms with E-state index in [4.69, 9.17) is 49.3 Å². The van der Waals surface area contributed by atoms with Gasteiger partial charge in [-0.3, -0.25) is 0 Å². The van der Waals surface area contributed by atoms with Crippen LogP contribution in [0, 0.1) is 0 Å². The van der Waals surface area contributed by atoms with E-state index in [1.807, 2.05) is 42.5 Å². The molecular weight excluding hydrogens is 780 g/mol. The molecule has 0 aromatic heterocycles. The van der Waals surface area contributed by atoms with Gasteiger partial charge < -0.3 is 37.5 Å². The molecule has 9 rings (SSSR count). The molecule has 0 aliphatic carbocycles. The van der Waals surface area contributed by atoms with Gasteiger partial charge in [0.2, 0.25) is 0 Å². The third kappa shape index (κ3) is 13.1. The zero-order valence-electron chi connectivity index (χ0n) is 34.7. The summed E-state index contributed by atoms with van der Waals surface area (Å²) in [6.45, 7) is -1.06. The second-order valence-electron chi connectivity index (χ2n) is 18.0. The van der Waals surface area contributed by atoms with Crippen molar-refractivity contribution in [1.82, 2.24) is 0 Å². The van der Waals surface area contributed by atoms with Gasteiger partial charge in [-0.1, -0.05) is 93.8 Å². The Balaban J connectivity index is 0.653. The summed E-state index contributed by atoms with van der Waals surface area (Å²) in [4.78, 5) is 0. The predicted molar refractivity (Wildman–Crippen MR) is 235 cm³/mol. The smallest absolute Gasteiger partial charge is 0.319 e. The largest absolute Gasteiger partial charge is 0.432 e. The first-order valence-electron chi connectivity index (χ1n) is 23.1. The molecule has 8 nitrogen and oxygen atoms in total. The zero-order valence-corrected chi connectivity index (χ0v) is 36.5. The SMILES string of the molecule is S=P(Oc1cccc(CCCCCCCC2OC2CC2CC(C3CO3)O2)c1)(Oc1cccc(CCCCCCCC2OC2CC2OC2CCC2CO2)c1)c1ccccc1. The average molecular weight is 845 g/mol. The Hall–Kier alpha value is -2.33. The lowest BCUT2D eigenvalue weighted by Crippen LogP contribution is -2.41. The van der Waals surface area contributed by atoms with Crippen LogP contribution in [-0.2, 0) is 53.1 Å². The molecule has 11 atom stereocenters. The highest BCUT2D eigenvalue weighted by Crippen LogP contribution is 2.48. The van der Waals surface area contributed by atoms with Crippen molar-refractivity contribution in [3.05, 3.63) is 90.0 Å². The van der Waals surface area contributed by atoms with Gasteiger partial charge in [0.05, 0.1) is 73.5 Å². The third-order valence-corrected chi connectivity index (χ3v) is 16.0. The lowest BCUT2D eigenvalue weighted by molar-refractivity contribution is -0.138. The molecule has 0 saturated carbocycles. The first kappa shape index (κ1) is 42.0. The van der Waals surface area contributed by atoms with Gasteiger partial charge in [0, 0.05) is 19.3 Å². The van der Waals surface area contributed by atoms with Gasteiger partial charge in [-0.25, -0.2) is 0 Å². The van der Waals surface area contributed by atoms with E-state index in [1.165, 1.54) is 81.8 Å². The number of benzene rings is 3. The Kier molecular flexibility index (Phi) is 14.4. The molecule has 3 aromatic carbocycles. The van der Waals surface area contributed by atoms with Gasteiger partial charge in [-0.2, -0.15) is 0 Å². The molecular formula is C49H65O8PS. The number of unbranched alkanes of at least 4 members (excludes halogenated alkanes) is 8. The van der Waals surface area contributed by atoms with Crippen molar-refractivity contribution in [3.63, 3.8) is 0 Å². The number of hydrogen-bond acceptors (Lipinski definition) is 9. The van der Waals surface area contributed by atoms with Crippen LogP contribution < -0.4 is 14.4 Å². The first-order valence-corrected chi connectivity index (χ1v) is 25.7. The summed E-state index contributed by atoms with van der Waals surface area (Å²) in [7, 11) is 0. The van der Waals surface area contributed by atoms with Gasteiger partial charge in [0.25, 0.3) is 0 Å². The summed E-state index contributed by atoms with van der Waals surface area (Å²) in [6, 6.07) is 27.0. The Labute approximate surface area is 357 Å². The van der Waals surface area contributed by atoms with Crippen LogP contribution in [0.15, 0.2) is 78.9 Å². The number of epoxide rings is 5. The van der Waals surface area contributed by atoms with Crippen molar-refractivity contribution < 1.29 is 37.5 Å². The molecule has 0 radical (unpaired) electrons. The molecule has 6 heterocycles. The van der Waals surface area contributed by atoms with Crippen molar-refractivity contribution in [2.45, 2.75) is 183 Å². The molecule has 6 fully saturated rings. The van der Waals surface area contributed by atoms with Gasteiger partial charge in [-0.05, 0) is 111 Å². The van der Waals surface area contributed by atoms with E-state index in [1.54, 1.807) is 0 Å². The molecule has 6 aliphatic rings. The van der Waals surface area contributed by atoms with Crippen LogP contribution in [-0.4, -0.2) is 74.3 Å². The van der Waals surface area contributed by atoms with E-state index >= 15 is 0 Å². The second kappa shape index (κ2) is 20.2. The number of hydrogen-bond donors (Lipinski definition) is 0. The molecule has 3 aromatic rings. The zero-order chi connectivity index (χ0) is 39.9. The summed E-state index contributed by atoms with van der Waals surface area (Å²) in [5.41, 5.74) is 2.56. The second-order valence-corrected chi connectivity index (χ2v) is 21.3. The Morgan fingerprint density at radius 1 is 0.492 bits per heavy atom. The summed E-state index contributed by atoms with van der Waals surface area (Å²) in [6.07, 6.45) is 26.6. The maximum absolute atomic E-state index is 6.69. The number of aryl methyl sites for hydroxylation is 2. The van der Waals surface area contributed by atoms with Crippen LogP contribution in [0.2, 0.25) is 0 Å². The molecule has 10 heteroatoms. The van der Waals surface area contributed by atoms with Crippen LogP contribution in [0.5, 0.6) is 11.5 Å². The monoisotopic (exact) mass is 844 g/mol. The van der Waals surface area contributed by atoms with Crippen LogP contribution in [0.25, 0.3) is 0 Å². The normalized spacial score (nSPS) is 30.8. The minimum absolute atomic E-state index is 0.351. The molecule has 6 aliphatic heterocycles. The predicted octanol–water partition coefficient (Wildman–Crippen LogP) is 10.4. The molecule has 0 amide bonds. The summed E-state index contributed by atoms with van der Waals surface area (Å²) < 4.78 is 47.8. The topological polar surface area (TPSA) is 90.3 Å². The standard InChI is InChI=1S/C49H65O8PS/c59-58(41-22-10-7-11-23-41,56-37-20-14-18-35(28-37)16-8-3-1-5-12-24-42-45(53-42)30-40-31-46(52-40)49-34-51-49)57-38-21-15-19-36(29-38)17-9-4-2-6-13-25-43-47(54-43)32-48-44(55-48)27-26-39-33-50-39/h7,10-11,14-15,18-23,28-29,39-40,42-49H,1-6,8-9,12-13,16-17,24-27,30-34H2. The van der Waals surface area contributed by atoms with Crippen LogP contribution in [0.1, 0.15) is 120 Å². The Bertz CT molecular complexity index is 1810. The maximum Gasteiger partial charge on any atom is 0.319 e. The van der Waals surface area contributed by atoms with E-state index < -0.39 is 6.49 Å². The minimum Gasteiger partial charge on any atom is -0.432 e. The van der Waals surface area contributed by atoms with Gasteiger partial charge >= 0.3 is 6.49 Å². The van der Waals surface area contributed by atoms with Crippen molar-refractivity contribution in [2.75, 3.05) is 13.2 Å². The van der Waals surface area contributed by atoms with Gasteiger partial charge in [0.15, 0.2) is 0 Å². The van der Waals surface area contributed by atoms with Crippen molar-refractivity contribution in [1.29, 1.82) is 0 Å². The van der Waals surface area contributed by atoms with Crippen molar-refractivity contribution in [3.8, 4) is 11.5 Å². The quantitative estimate of drug-likeness (QED) is 0.0385. The molecule has 320 valence electrons. The van der Waals surface area contributed by atoms with E-state index in [2.05, 4.69) is 36.4 Å². The van der Waals surface area contributed by atoms with E-state index in [0.29, 0.717) is 61.0 Å². The van der Waals surface area contributed by atoms with E-state index in [0.717, 1.165) is 81.4 Å². The first-order chi connectivity index (χ1) is 29.0. The number of rotatable bonds is 29. The van der Waals surface area contributed by atoms with E-state index in [9.17, 15) is 0 Å². The lowest BCUT2D eigenvalue weighted by atomic mass is 9.96. The highest BCUT2D eigenvalue weighted by Gasteiger charge is 2.49. The molecule has 6 saturated heterocycles. The maximum atomic E-state index is 6.69. The van der Waals surface area contributed by atoms with Crippen LogP contribution in [0.4, 0.5) is 0 Å². The Morgan fingerprint density at radius 3 is 1.58 bits per heavy atom. The fraction of sp³-hybridized carbons (Fsp3) is 0.633. The fourth-order valence-corrected chi connectivity index (χ4v) is 11.5. The average Bonchev–Trinajstić information content (AvgIpc) is 4.00. The van der Waals surface area contributed by atoms with Crippen LogP contribution in [0.3, 0.4) is 0 Å². The third-order valence-electron chi connectivity index (χ3n) is 13.1. The van der Waals surface area contributed by atoms with Gasteiger partial charge in [-0.15, -0.1) is 0 Å². The van der Waals surface area contributed by atoms with Gasteiger partial charge in [0.1, 0.15) is 17.6 Å². The molecule has 59 heavy (non-hydrogen) atoms. The highest BCUT2D eigenvalue weighted by atomic mass is 32.5. The molecule has 0 spiro atoms. The van der Waals surface area contributed by atoms with E-state index in [-0.39, 0.29) is 0 Å². The lowest BCUT2D eigenvalue weighted by Gasteiger charge is -2.34. The van der Waals surface area contributed by atoms with Crippen LogP contribution >= 0.6 is 6.49 Å². The number of ether oxygens (including phenoxy) is 6. The molecule has 11 unspecified atom stereocenters. The summed E-state index contributed by atoms with van der Waals surface area (Å²) in [5.74, 6) is 1.55. The van der Waals surface area contributed by atoms with Crippen molar-refractivity contribution in [2.24, 2.45) is 0 Å². The summed E-state index contributed by atoms with van der Waals surface area (Å²) >= 11 is 6.30.